The lowest BCUT2D eigenvalue weighted by atomic mass is 9.94. The molecule has 2 aliphatic heterocycles. The minimum Gasteiger partial charge on any atom is -0.444 e. The zero-order valence-electron chi connectivity index (χ0n) is 19.9. The van der Waals surface area contributed by atoms with Crippen molar-refractivity contribution < 1.29 is 18.7 Å². The Balaban J connectivity index is 1.31. The maximum absolute atomic E-state index is 14.6. The summed E-state index contributed by atoms with van der Waals surface area (Å²) in [7, 11) is 0. The minimum atomic E-state index is -0.503. The normalized spacial score (nSPS) is 17.4. The van der Waals surface area contributed by atoms with Gasteiger partial charge in [-0.05, 0) is 64.5 Å². The molecule has 0 N–H and O–H groups in total. The molecule has 1 saturated heterocycles. The third kappa shape index (κ3) is 4.29. The number of amides is 2. The summed E-state index contributed by atoms with van der Waals surface area (Å²) in [5.41, 5.74) is 2.10. The first kappa shape index (κ1) is 22.8. The fourth-order valence-electron chi connectivity index (χ4n) is 4.71. The van der Waals surface area contributed by atoms with E-state index in [1.165, 1.54) is 10.9 Å². The second-order valence-electron chi connectivity index (χ2n) is 10.1. The maximum atomic E-state index is 14.6. The molecular formula is C25H29FN4O3S. The van der Waals surface area contributed by atoms with E-state index in [1.54, 1.807) is 37.9 Å². The highest BCUT2D eigenvalue weighted by molar-refractivity contribution is 7.14. The summed E-state index contributed by atoms with van der Waals surface area (Å²) in [6.07, 6.45) is 5.68. The van der Waals surface area contributed by atoms with Crippen molar-refractivity contribution in [2.75, 3.05) is 24.5 Å². The minimum absolute atomic E-state index is 0.0840. The Morgan fingerprint density at radius 1 is 1.18 bits per heavy atom. The Labute approximate surface area is 202 Å². The number of hydrogen-bond donors (Lipinski definition) is 0. The molecular weight excluding hydrogens is 455 g/mol. The van der Waals surface area contributed by atoms with Crippen LogP contribution in [0.1, 0.15) is 65.3 Å². The fourth-order valence-corrected chi connectivity index (χ4v) is 6.04. The average molecular weight is 485 g/mol. The Morgan fingerprint density at radius 2 is 1.91 bits per heavy atom. The summed E-state index contributed by atoms with van der Waals surface area (Å²) in [6.45, 7) is 9.23. The van der Waals surface area contributed by atoms with Crippen molar-refractivity contribution in [1.29, 1.82) is 0 Å². The van der Waals surface area contributed by atoms with Gasteiger partial charge in [0.05, 0.1) is 16.3 Å². The van der Waals surface area contributed by atoms with Gasteiger partial charge in [-0.15, -0.1) is 11.3 Å². The molecule has 1 fully saturated rings. The quantitative estimate of drug-likeness (QED) is 0.504. The monoisotopic (exact) mass is 484 g/mol. The van der Waals surface area contributed by atoms with Crippen molar-refractivity contribution in [3.63, 3.8) is 0 Å². The Hall–Kier alpha value is -2.94. The second-order valence-corrected chi connectivity index (χ2v) is 11.2. The van der Waals surface area contributed by atoms with E-state index in [-0.39, 0.29) is 17.6 Å². The van der Waals surface area contributed by atoms with Crippen LogP contribution < -0.4 is 4.90 Å². The van der Waals surface area contributed by atoms with E-state index in [0.717, 1.165) is 35.4 Å². The van der Waals surface area contributed by atoms with Gasteiger partial charge in [-0.2, -0.15) is 0 Å². The van der Waals surface area contributed by atoms with Crippen LogP contribution in [0, 0.1) is 12.7 Å². The van der Waals surface area contributed by atoms with Crippen LogP contribution in [-0.4, -0.2) is 51.5 Å². The number of aryl methyl sites for hydroxylation is 1. The molecule has 180 valence electrons. The Bertz CT molecular complexity index is 1270. The van der Waals surface area contributed by atoms with Crippen molar-refractivity contribution in [1.82, 2.24) is 14.3 Å². The highest BCUT2D eigenvalue weighted by atomic mass is 32.1. The predicted octanol–water partition coefficient (Wildman–Crippen LogP) is 5.16. The van der Waals surface area contributed by atoms with Gasteiger partial charge in [0, 0.05) is 43.0 Å². The van der Waals surface area contributed by atoms with Gasteiger partial charge < -0.3 is 18.9 Å². The summed E-state index contributed by atoms with van der Waals surface area (Å²) in [5.74, 6) is -0.203. The molecule has 5 rings (SSSR count). The lowest BCUT2D eigenvalue weighted by Crippen LogP contribution is -2.41. The summed E-state index contributed by atoms with van der Waals surface area (Å²) in [4.78, 5) is 35.3. The Morgan fingerprint density at radius 3 is 2.62 bits per heavy atom. The molecule has 3 aromatic rings. The number of nitrogens with zero attached hydrogens (tertiary/aromatic N) is 4. The van der Waals surface area contributed by atoms with Crippen LogP contribution in [-0.2, 0) is 11.2 Å². The third-order valence-electron chi connectivity index (χ3n) is 6.35. The standard InChI is InChI=1S/C25H29FN4O3S/c1-15-13-29-14-18(12-19(26)22(29)27-15)30-10-7-17-11-20(34-21(17)23(30)31)16-5-8-28(9-6-16)24(32)33-25(2,3)4/h11-14,16H,5-10H2,1-4H3. The van der Waals surface area contributed by atoms with E-state index < -0.39 is 11.4 Å². The smallest absolute Gasteiger partial charge is 0.410 e. The van der Waals surface area contributed by atoms with E-state index in [4.69, 9.17) is 4.74 Å². The summed E-state index contributed by atoms with van der Waals surface area (Å²) >= 11 is 1.54. The average Bonchev–Trinajstić information content (AvgIpc) is 3.37. The first-order valence-electron chi connectivity index (χ1n) is 11.7. The van der Waals surface area contributed by atoms with Crippen molar-refractivity contribution >= 4 is 34.7 Å². The first-order chi connectivity index (χ1) is 16.1. The molecule has 0 aliphatic carbocycles. The van der Waals surface area contributed by atoms with Crippen molar-refractivity contribution in [2.24, 2.45) is 0 Å². The molecule has 0 spiro atoms. The molecule has 0 unspecified atom stereocenters. The van der Waals surface area contributed by atoms with E-state index >= 15 is 0 Å². The highest BCUT2D eigenvalue weighted by Gasteiger charge is 2.32. The van der Waals surface area contributed by atoms with E-state index in [0.29, 0.717) is 31.2 Å². The number of imidazole rings is 1. The number of halogens is 1. The fraction of sp³-hybridized carbons (Fsp3) is 0.480. The van der Waals surface area contributed by atoms with Gasteiger partial charge in [0.25, 0.3) is 5.91 Å². The molecule has 34 heavy (non-hydrogen) atoms. The summed E-state index contributed by atoms with van der Waals surface area (Å²) < 4.78 is 21.7. The van der Waals surface area contributed by atoms with Gasteiger partial charge in [-0.3, -0.25) is 4.79 Å². The number of thiophene rings is 1. The van der Waals surface area contributed by atoms with Gasteiger partial charge in [0.2, 0.25) is 0 Å². The van der Waals surface area contributed by atoms with Crippen LogP contribution in [0.2, 0.25) is 0 Å². The molecule has 3 aromatic heterocycles. The highest BCUT2D eigenvalue weighted by Crippen LogP contribution is 2.38. The molecule has 2 amide bonds. The van der Waals surface area contributed by atoms with Gasteiger partial charge in [-0.1, -0.05) is 0 Å². The second kappa shape index (κ2) is 8.37. The number of piperidine rings is 1. The number of likely N-dealkylation sites (tertiary alicyclic amines) is 1. The van der Waals surface area contributed by atoms with E-state index in [2.05, 4.69) is 11.1 Å². The zero-order chi connectivity index (χ0) is 24.2. The largest absolute Gasteiger partial charge is 0.444 e. The first-order valence-corrected chi connectivity index (χ1v) is 12.5. The molecule has 0 atom stereocenters. The molecule has 0 radical (unpaired) electrons. The SMILES string of the molecule is Cc1cn2cc(N3CCc4cc(C5CCN(C(=O)OC(C)(C)C)CC5)sc4C3=O)cc(F)c2n1. The number of aromatic nitrogens is 2. The number of carbonyl (C=O) groups is 2. The molecule has 0 saturated carbocycles. The predicted molar refractivity (Wildman–Crippen MR) is 129 cm³/mol. The maximum Gasteiger partial charge on any atom is 0.410 e. The van der Waals surface area contributed by atoms with Gasteiger partial charge in [0.15, 0.2) is 11.5 Å². The van der Waals surface area contributed by atoms with E-state index in [9.17, 15) is 14.0 Å². The summed E-state index contributed by atoms with van der Waals surface area (Å²) in [6, 6.07) is 3.55. The molecule has 9 heteroatoms. The van der Waals surface area contributed by atoms with Crippen LogP contribution in [0.5, 0.6) is 0 Å². The number of fused-ring (bicyclic) bond motifs is 2. The Kier molecular flexibility index (Phi) is 5.62. The summed E-state index contributed by atoms with van der Waals surface area (Å²) in [5, 5.41) is 0. The molecule has 0 aromatic carbocycles. The molecule has 7 nitrogen and oxygen atoms in total. The molecule has 2 aliphatic rings. The van der Waals surface area contributed by atoms with Crippen LogP contribution in [0.25, 0.3) is 5.65 Å². The third-order valence-corrected chi connectivity index (χ3v) is 7.67. The number of pyridine rings is 1. The molecule has 0 bridgehead atoms. The number of hydrogen-bond acceptors (Lipinski definition) is 5. The topological polar surface area (TPSA) is 67.2 Å². The van der Waals surface area contributed by atoms with Crippen LogP contribution >= 0.6 is 11.3 Å². The van der Waals surface area contributed by atoms with Crippen molar-refractivity contribution in [3.05, 3.63) is 51.4 Å². The van der Waals surface area contributed by atoms with Crippen LogP contribution in [0.3, 0.4) is 0 Å². The van der Waals surface area contributed by atoms with Crippen molar-refractivity contribution in [2.45, 2.75) is 58.5 Å². The lowest BCUT2D eigenvalue weighted by molar-refractivity contribution is 0.0205. The van der Waals surface area contributed by atoms with Crippen LogP contribution in [0.15, 0.2) is 24.5 Å². The van der Waals surface area contributed by atoms with E-state index in [1.807, 2.05) is 27.7 Å². The number of carbonyl (C=O) groups excluding carboxylic acids is 2. The van der Waals surface area contributed by atoms with Gasteiger partial charge >= 0.3 is 6.09 Å². The zero-order valence-corrected chi connectivity index (χ0v) is 20.7. The lowest BCUT2D eigenvalue weighted by Gasteiger charge is -2.33. The van der Waals surface area contributed by atoms with Gasteiger partial charge in [-0.25, -0.2) is 14.2 Å². The number of ether oxygens (including phenoxy) is 1. The number of rotatable bonds is 2. The van der Waals surface area contributed by atoms with Crippen LogP contribution in [0.4, 0.5) is 14.9 Å². The number of anilines is 1. The van der Waals surface area contributed by atoms with Crippen molar-refractivity contribution in [3.8, 4) is 0 Å². The molecule has 5 heterocycles. The van der Waals surface area contributed by atoms with Gasteiger partial charge in [0.1, 0.15) is 5.60 Å².